The molecule has 0 heterocycles. The van der Waals surface area contributed by atoms with Crippen molar-refractivity contribution in [3.05, 3.63) is 59.9 Å². The van der Waals surface area contributed by atoms with Crippen LogP contribution >= 0.6 is 0 Å². The Morgan fingerprint density at radius 3 is 1.93 bits per heavy atom. The van der Waals surface area contributed by atoms with E-state index in [4.69, 9.17) is 0 Å². The number of carbonyl (C=O) groups is 3. The van der Waals surface area contributed by atoms with Gasteiger partial charge >= 0.3 is 0 Å². The Bertz CT molecular complexity index is 899. The molecule has 0 bridgehead atoms. The number of nitrogens with zero attached hydrogens (tertiary/aromatic N) is 2. The Morgan fingerprint density at radius 1 is 0.867 bits per heavy atom. The van der Waals surface area contributed by atoms with Crippen LogP contribution < -0.4 is 10.6 Å². The van der Waals surface area contributed by atoms with Crippen LogP contribution in [0.25, 0.3) is 0 Å². The summed E-state index contributed by atoms with van der Waals surface area (Å²) in [5.74, 6) is -1.21. The Kier molecular flexibility index (Phi) is 8.49. The van der Waals surface area contributed by atoms with Gasteiger partial charge in [-0.25, -0.2) is 4.39 Å². The van der Waals surface area contributed by atoms with Gasteiger partial charge in [-0.1, -0.05) is 12.1 Å². The number of nitrogens with one attached hydrogen (secondary N) is 2. The first kappa shape index (κ1) is 23.0. The molecular formula is C22H27FN4O3. The molecule has 0 fully saturated rings. The Balaban J connectivity index is 1.88. The summed E-state index contributed by atoms with van der Waals surface area (Å²) >= 11 is 0. The number of carbonyl (C=O) groups excluding carboxylic acids is 3. The van der Waals surface area contributed by atoms with Crippen molar-refractivity contribution in [2.75, 3.05) is 43.9 Å². The number of halogens is 1. The lowest BCUT2D eigenvalue weighted by Gasteiger charge is -2.19. The molecule has 2 aromatic carbocycles. The summed E-state index contributed by atoms with van der Waals surface area (Å²) in [6, 6.07) is 12.3. The monoisotopic (exact) mass is 414 g/mol. The number of benzene rings is 2. The standard InChI is InChI=1S/C22H27FN4O3/c1-4-27(5-2)22(30)16-8-6-10-18(12-16)24-20(28)14-26(3)15-21(29)25-19-11-7-9-17(23)13-19/h6-13H,4-5,14-15H2,1-3H3,(H,24,28)(H,25,29). The number of hydrogen-bond acceptors (Lipinski definition) is 4. The van der Waals surface area contributed by atoms with Crippen molar-refractivity contribution in [2.45, 2.75) is 13.8 Å². The molecule has 0 aliphatic rings. The van der Waals surface area contributed by atoms with E-state index in [1.807, 2.05) is 13.8 Å². The van der Waals surface area contributed by atoms with E-state index in [1.54, 1.807) is 42.3 Å². The van der Waals surface area contributed by atoms with Gasteiger partial charge in [-0.2, -0.15) is 0 Å². The maximum Gasteiger partial charge on any atom is 0.253 e. The minimum atomic E-state index is -0.442. The summed E-state index contributed by atoms with van der Waals surface area (Å²) in [5, 5.41) is 5.32. The van der Waals surface area contributed by atoms with Crippen LogP contribution in [0, 0.1) is 5.82 Å². The van der Waals surface area contributed by atoms with E-state index in [-0.39, 0.29) is 30.8 Å². The number of rotatable bonds is 9. The summed E-state index contributed by atoms with van der Waals surface area (Å²) in [4.78, 5) is 40.1. The molecular weight excluding hydrogens is 387 g/mol. The van der Waals surface area contributed by atoms with E-state index in [0.29, 0.717) is 30.0 Å². The minimum Gasteiger partial charge on any atom is -0.339 e. The van der Waals surface area contributed by atoms with E-state index in [2.05, 4.69) is 10.6 Å². The molecule has 0 radical (unpaired) electrons. The molecule has 0 saturated carbocycles. The van der Waals surface area contributed by atoms with Crippen molar-refractivity contribution >= 4 is 29.1 Å². The molecule has 3 amide bonds. The molecule has 2 N–H and O–H groups in total. The predicted octanol–water partition coefficient (Wildman–Crippen LogP) is 2.82. The van der Waals surface area contributed by atoms with E-state index in [0.717, 1.165) is 0 Å². The SMILES string of the molecule is CCN(CC)C(=O)c1cccc(NC(=O)CN(C)CC(=O)Nc2cccc(F)c2)c1. The molecule has 0 unspecified atom stereocenters. The van der Waals surface area contributed by atoms with Crippen LogP contribution in [0.1, 0.15) is 24.2 Å². The topological polar surface area (TPSA) is 81.8 Å². The van der Waals surface area contributed by atoms with Crippen LogP contribution in [0.3, 0.4) is 0 Å². The van der Waals surface area contributed by atoms with Gasteiger partial charge in [0.15, 0.2) is 0 Å². The van der Waals surface area contributed by atoms with E-state index >= 15 is 0 Å². The molecule has 7 nitrogen and oxygen atoms in total. The lowest BCUT2D eigenvalue weighted by molar-refractivity contribution is -0.119. The fourth-order valence-electron chi connectivity index (χ4n) is 2.94. The second-order valence-corrected chi connectivity index (χ2v) is 6.84. The van der Waals surface area contributed by atoms with Crippen LogP contribution in [0.4, 0.5) is 15.8 Å². The third-order valence-electron chi connectivity index (χ3n) is 4.38. The molecule has 0 saturated heterocycles. The average Bonchev–Trinajstić information content (AvgIpc) is 2.68. The second-order valence-electron chi connectivity index (χ2n) is 6.84. The summed E-state index contributed by atoms with van der Waals surface area (Å²) in [5.41, 5.74) is 1.36. The normalized spacial score (nSPS) is 10.6. The molecule has 8 heteroatoms. The Hall–Kier alpha value is -3.26. The van der Waals surface area contributed by atoms with Gasteiger partial charge in [-0.15, -0.1) is 0 Å². The zero-order valence-corrected chi connectivity index (χ0v) is 17.4. The second kappa shape index (κ2) is 11.1. The Labute approximate surface area is 175 Å². The third kappa shape index (κ3) is 6.97. The summed E-state index contributed by atoms with van der Waals surface area (Å²) in [6.07, 6.45) is 0. The predicted molar refractivity (Wildman–Crippen MR) is 115 cm³/mol. The average molecular weight is 414 g/mol. The van der Waals surface area contributed by atoms with Crippen molar-refractivity contribution < 1.29 is 18.8 Å². The summed E-state index contributed by atoms with van der Waals surface area (Å²) in [6.45, 7) is 4.97. The van der Waals surface area contributed by atoms with E-state index < -0.39 is 5.82 Å². The minimum absolute atomic E-state index is 0.0230. The van der Waals surface area contributed by atoms with Gasteiger partial charge in [-0.05, 0) is 57.3 Å². The fourth-order valence-corrected chi connectivity index (χ4v) is 2.94. The highest BCUT2D eigenvalue weighted by Crippen LogP contribution is 2.13. The first-order valence-electron chi connectivity index (χ1n) is 9.75. The smallest absolute Gasteiger partial charge is 0.253 e. The molecule has 0 aromatic heterocycles. The maximum atomic E-state index is 13.2. The zero-order valence-electron chi connectivity index (χ0n) is 17.4. The van der Waals surface area contributed by atoms with Gasteiger partial charge in [0, 0.05) is 30.0 Å². The molecule has 2 rings (SSSR count). The van der Waals surface area contributed by atoms with Crippen molar-refractivity contribution in [2.24, 2.45) is 0 Å². The lowest BCUT2D eigenvalue weighted by Crippen LogP contribution is -2.36. The molecule has 30 heavy (non-hydrogen) atoms. The molecule has 0 spiro atoms. The highest BCUT2D eigenvalue weighted by molar-refractivity contribution is 5.98. The van der Waals surface area contributed by atoms with Crippen molar-refractivity contribution in [3.8, 4) is 0 Å². The molecule has 0 atom stereocenters. The highest BCUT2D eigenvalue weighted by atomic mass is 19.1. The number of hydrogen-bond donors (Lipinski definition) is 2. The van der Waals surface area contributed by atoms with Gasteiger partial charge in [0.2, 0.25) is 11.8 Å². The van der Waals surface area contributed by atoms with Crippen molar-refractivity contribution in [3.63, 3.8) is 0 Å². The largest absolute Gasteiger partial charge is 0.339 e. The van der Waals surface area contributed by atoms with Gasteiger partial charge in [-0.3, -0.25) is 19.3 Å². The zero-order chi connectivity index (χ0) is 22.1. The third-order valence-corrected chi connectivity index (χ3v) is 4.38. The molecule has 0 aliphatic carbocycles. The van der Waals surface area contributed by atoms with Crippen molar-refractivity contribution in [1.29, 1.82) is 0 Å². The number of anilines is 2. The maximum absolute atomic E-state index is 13.2. The van der Waals surface area contributed by atoms with Gasteiger partial charge in [0.1, 0.15) is 5.82 Å². The van der Waals surface area contributed by atoms with Crippen LogP contribution in [-0.2, 0) is 9.59 Å². The number of likely N-dealkylation sites (N-methyl/N-ethyl adjacent to an activating group) is 1. The molecule has 0 aliphatic heterocycles. The van der Waals surface area contributed by atoms with Crippen LogP contribution in [-0.4, -0.2) is 60.7 Å². The van der Waals surface area contributed by atoms with Crippen LogP contribution in [0.15, 0.2) is 48.5 Å². The van der Waals surface area contributed by atoms with Crippen molar-refractivity contribution in [1.82, 2.24) is 9.80 Å². The fraction of sp³-hybridized carbons (Fsp3) is 0.318. The summed E-state index contributed by atoms with van der Waals surface area (Å²) in [7, 11) is 1.63. The first-order chi connectivity index (χ1) is 14.3. The number of amides is 3. The Morgan fingerprint density at radius 2 is 1.40 bits per heavy atom. The van der Waals surface area contributed by atoms with E-state index in [9.17, 15) is 18.8 Å². The van der Waals surface area contributed by atoms with Crippen LogP contribution in [0.2, 0.25) is 0 Å². The quantitative estimate of drug-likeness (QED) is 0.661. The lowest BCUT2D eigenvalue weighted by atomic mass is 10.1. The highest BCUT2D eigenvalue weighted by Gasteiger charge is 2.15. The van der Waals surface area contributed by atoms with Gasteiger partial charge in [0.25, 0.3) is 5.91 Å². The van der Waals surface area contributed by atoms with E-state index in [1.165, 1.54) is 23.1 Å². The molecule has 160 valence electrons. The summed E-state index contributed by atoms with van der Waals surface area (Å²) < 4.78 is 13.2. The van der Waals surface area contributed by atoms with Gasteiger partial charge in [0.05, 0.1) is 13.1 Å². The van der Waals surface area contributed by atoms with Crippen LogP contribution in [0.5, 0.6) is 0 Å². The van der Waals surface area contributed by atoms with Gasteiger partial charge < -0.3 is 15.5 Å². The molecule has 2 aromatic rings. The first-order valence-corrected chi connectivity index (χ1v) is 9.75.